The minimum atomic E-state index is -0.578. The number of carbonyl (C=O) groups excluding carboxylic acids is 1. The van der Waals surface area contributed by atoms with Crippen molar-refractivity contribution in [3.05, 3.63) is 22.5 Å². The SMILES string of the molecule is CCOC(=O)CN(CC)c1ncc([N+](=O)[O-])cn1. The van der Waals surface area contributed by atoms with Crippen LogP contribution in [0.2, 0.25) is 0 Å². The fourth-order valence-corrected chi connectivity index (χ4v) is 1.26. The lowest BCUT2D eigenvalue weighted by Gasteiger charge is -2.18. The summed E-state index contributed by atoms with van der Waals surface area (Å²) < 4.78 is 4.81. The molecule has 0 atom stereocenters. The van der Waals surface area contributed by atoms with Crippen LogP contribution in [0.5, 0.6) is 0 Å². The highest BCUT2D eigenvalue weighted by Crippen LogP contribution is 2.11. The van der Waals surface area contributed by atoms with E-state index in [1.54, 1.807) is 11.8 Å². The molecule has 18 heavy (non-hydrogen) atoms. The number of carbonyl (C=O) groups is 1. The van der Waals surface area contributed by atoms with Gasteiger partial charge in [0.05, 0.1) is 11.5 Å². The lowest BCUT2D eigenvalue weighted by Crippen LogP contribution is -2.32. The summed E-state index contributed by atoms with van der Waals surface area (Å²) in [6.45, 7) is 4.36. The molecule has 0 fully saturated rings. The number of aromatic nitrogens is 2. The Kier molecular flexibility index (Phi) is 4.97. The van der Waals surface area contributed by atoms with Crippen molar-refractivity contribution in [1.29, 1.82) is 0 Å². The van der Waals surface area contributed by atoms with Crippen molar-refractivity contribution in [2.24, 2.45) is 0 Å². The standard InChI is InChI=1S/C10H14N4O4/c1-3-13(7-9(15)18-4-2)10-11-5-8(6-12-10)14(16)17/h5-6H,3-4,7H2,1-2H3. The van der Waals surface area contributed by atoms with Crippen LogP contribution in [0.3, 0.4) is 0 Å². The van der Waals surface area contributed by atoms with Crippen LogP contribution in [-0.2, 0) is 9.53 Å². The zero-order valence-corrected chi connectivity index (χ0v) is 10.2. The van der Waals surface area contributed by atoms with Gasteiger partial charge in [0.1, 0.15) is 18.9 Å². The van der Waals surface area contributed by atoms with Crippen LogP contribution in [0.4, 0.5) is 11.6 Å². The summed E-state index contributed by atoms with van der Waals surface area (Å²) >= 11 is 0. The zero-order chi connectivity index (χ0) is 13.5. The van der Waals surface area contributed by atoms with E-state index in [-0.39, 0.29) is 24.1 Å². The van der Waals surface area contributed by atoms with Crippen LogP contribution in [0.15, 0.2) is 12.4 Å². The van der Waals surface area contributed by atoms with Crippen LogP contribution in [0, 0.1) is 10.1 Å². The van der Waals surface area contributed by atoms with Gasteiger partial charge >= 0.3 is 11.7 Å². The Balaban J connectivity index is 2.76. The van der Waals surface area contributed by atoms with Gasteiger partial charge in [-0.15, -0.1) is 0 Å². The maximum atomic E-state index is 11.3. The average molecular weight is 254 g/mol. The van der Waals surface area contributed by atoms with Crippen LogP contribution >= 0.6 is 0 Å². The van der Waals surface area contributed by atoms with Crippen molar-refractivity contribution >= 4 is 17.6 Å². The first kappa shape index (κ1) is 13.8. The molecule has 1 rings (SSSR count). The van der Waals surface area contributed by atoms with E-state index in [1.807, 2.05) is 6.92 Å². The summed E-state index contributed by atoms with van der Waals surface area (Å²) in [7, 11) is 0. The zero-order valence-electron chi connectivity index (χ0n) is 10.2. The second-order valence-corrected chi connectivity index (χ2v) is 3.32. The number of hydrogen-bond acceptors (Lipinski definition) is 7. The first-order chi connectivity index (χ1) is 8.58. The molecule has 1 aromatic heterocycles. The Morgan fingerprint density at radius 3 is 2.50 bits per heavy atom. The molecule has 0 N–H and O–H groups in total. The molecule has 0 aliphatic carbocycles. The smallest absolute Gasteiger partial charge is 0.325 e. The molecule has 0 spiro atoms. The van der Waals surface area contributed by atoms with Crippen LogP contribution < -0.4 is 4.90 Å². The van der Waals surface area contributed by atoms with E-state index in [1.165, 1.54) is 0 Å². The van der Waals surface area contributed by atoms with Crippen molar-refractivity contribution in [2.45, 2.75) is 13.8 Å². The molecular formula is C10H14N4O4. The quantitative estimate of drug-likeness (QED) is 0.420. The van der Waals surface area contributed by atoms with Gasteiger partial charge in [-0.3, -0.25) is 14.9 Å². The number of esters is 1. The third kappa shape index (κ3) is 3.65. The van der Waals surface area contributed by atoms with Gasteiger partial charge < -0.3 is 9.64 Å². The predicted octanol–water partition coefficient (Wildman–Crippen LogP) is 0.774. The molecule has 0 aliphatic heterocycles. The molecule has 0 aliphatic rings. The topological polar surface area (TPSA) is 98.5 Å². The molecule has 0 bridgehead atoms. The van der Waals surface area contributed by atoms with Crippen molar-refractivity contribution in [3.63, 3.8) is 0 Å². The molecule has 0 aromatic carbocycles. The number of hydrogen-bond donors (Lipinski definition) is 0. The Morgan fingerprint density at radius 1 is 1.44 bits per heavy atom. The van der Waals surface area contributed by atoms with Crippen LogP contribution in [0.25, 0.3) is 0 Å². The van der Waals surface area contributed by atoms with E-state index in [0.717, 1.165) is 12.4 Å². The third-order valence-electron chi connectivity index (χ3n) is 2.13. The van der Waals surface area contributed by atoms with Gasteiger partial charge in [-0.1, -0.05) is 0 Å². The Bertz CT molecular complexity index is 420. The summed E-state index contributed by atoms with van der Waals surface area (Å²) in [5.74, 6) is -0.127. The fraction of sp³-hybridized carbons (Fsp3) is 0.500. The van der Waals surface area contributed by atoms with Gasteiger partial charge in [-0.05, 0) is 13.8 Å². The van der Waals surface area contributed by atoms with Crippen molar-refractivity contribution in [3.8, 4) is 0 Å². The molecule has 0 saturated heterocycles. The molecule has 1 heterocycles. The number of nitrogens with zero attached hydrogens (tertiary/aromatic N) is 4. The van der Waals surface area contributed by atoms with E-state index < -0.39 is 4.92 Å². The minimum absolute atomic E-state index is 0.0160. The largest absolute Gasteiger partial charge is 0.465 e. The monoisotopic (exact) mass is 254 g/mol. The van der Waals surface area contributed by atoms with Gasteiger partial charge in [0.2, 0.25) is 5.95 Å². The van der Waals surface area contributed by atoms with Crippen molar-refractivity contribution in [1.82, 2.24) is 9.97 Å². The molecule has 8 nitrogen and oxygen atoms in total. The number of rotatable bonds is 6. The minimum Gasteiger partial charge on any atom is -0.465 e. The molecule has 1 aromatic rings. The lowest BCUT2D eigenvalue weighted by atomic mass is 10.5. The highest BCUT2D eigenvalue weighted by Gasteiger charge is 2.14. The second-order valence-electron chi connectivity index (χ2n) is 3.32. The first-order valence-electron chi connectivity index (χ1n) is 5.45. The highest BCUT2D eigenvalue weighted by atomic mass is 16.6. The van der Waals surface area contributed by atoms with Crippen molar-refractivity contribution < 1.29 is 14.5 Å². The maximum Gasteiger partial charge on any atom is 0.325 e. The number of anilines is 1. The molecule has 0 unspecified atom stereocenters. The van der Waals surface area contributed by atoms with E-state index >= 15 is 0 Å². The Labute approximate surface area is 104 Å². The van der Waals surface area contributed by atoms with E-state index in [4.69, 9.17) is 4.74 Å². The summed E-state index contributed by atoms with van der Waals surface area (Å²) in [5, 5.41) is 10.5. The van der Waals surface area contributed by atoms with E-state index in [2.05, 4.69) is 9.97 Å². The maximum absolute atomic E-state index is 11.3. The van der Waals surface area contributed by atoms with Crippen LogP contribution in [-0.4, -0.2) is 40.6 Å². The number of likely N-dealkylation sites (N-methyl/N-ethyl adjacent to an activating group) is 1. The molecule has 0 radical (unpaired) electrons. The summed E-state index contributed by atoms with van der Waals surface area (Å²) in [4.78, 5) is 30.5. The van der Waals surface area contributed by atoms with E-state index in [9.17, 15) is 14.9 Å². The van der Waals surface area contributed by atoms with Gasteiger partial charge in [-0.2, -0.15) is 0 Å². The second kappa shape index (κ2) is 6.48. The molecule has 0 amide bonds. The molecular weight excluding hydrogens is 240 g/mol. The number of ether oxygens (including phenoxy) is 1. The predicted molar refractivity (Wildman–Crippen MR) is 63.2 cm³/mol. The van der Waals surface area contributed by atoms with Gasteiger partial charge in [0.25, 0.3) is 0 Å². The Hall–Kier alpha value is -2.25. The summed E-state index contributed by atoms with van der Waals surface area (Å²) in [6.07, 6.45) is 2.21. The summed E-state index contributed by atoms with van der Waals surface area (Å²) in [5.41, 5.74) is -0.189. The molecule has 0 saturated carbocycles. The first-order valence-corrected chi connectivity index (χ1v) is 5.45. The third-order valence-corrected chi connectivity index (χ3v) is 2.13. The fourth-order valence-electron chi connectivity index (χ4n) is 1.26. The lowest BCUT2D eigenvalue weighted by molar-refractivity contribution is -0.385. The van der Waals surface area contributed by atoms with Gasteiger partial charge in [0.15, 0.2) is 0 Å². The van der Waals surface area contributed by atoms with Gasteiger partial charge in [0, 0.05) is 6.54 Å². The number of nitro groups is 1. The van der Waals surface area contributed by atoms with Crippen molar-refractivity contribution in [2.75, 3.05) is 24.6 Å². The molecule has 98 valence electrons. The summed E-state index contributed by atoms with van der Waals surface area (Å²) in [6, 6.07) is 0. The average Bonchev–Trinajstić information content (AvgIpc) is 2.36. The van der Waals surface area contributed by atoms with E-state index in [0.29, 0.717) is 13.2 Å². The Morgan fingerprint density at radius 2 is 2.06 bits per heavy atom. The normalized spacial score (nSPS) is 9.89. The molecule has 8 heteroatoms. The highest BCUT2D eigenvalue weighted by molar-refractivity contribution is 5.74. The van der Waals surface area contributed by atoms with Crippen LogP contribution in [0.1, 0.15) is 13.8 Å². The van der Waals surface area contributed by atoms with Gasteiger partial charge in [-0.25, -0.2) is 9.97 Å².